The summed E-state index contributed by atoms with van der Waals surface area (Å²) >= 11 is 0. The van der Waals surface area contributed by atoms with E-state index in [-0.39, 0.29) is 30.6 Å². The fourth-order valence-electron chi connectivity index (χ4n) is 2.83. The topological polar surface area (TPSA) is 62.4 Å². The molecule has 0 aliphatic carbocycles. The Hall–Kier alpha value is -2.08. The number of anilines is 1. The molecule has 6 heteroatoms. The van der Waals surface area contributed by atoms with E-state index < -0.39 is 0 Å². The van der Waals surface area contributed by atoms with E-state index in [1.54, 1.807) is 7.11 Å². The molecule has 0 aromatic heterocycles. The standard InChI is InChI=1S/C18H21N3O2.ClH/c1-23-17-12-19-11-16(17)21-18(22)20-15-10-6-5-9-14(15)13-7-3-2-4-8-13;/h2-10,16-17,19H,11-12H2,1H3,(H2,20,21,22);1H/t16-,17-;/m0./s1. The number of ether oxygens (including phenoxy) is 1. The molecule has 0 unspecified atom stereocenters. The van der Waals surface area contributed by atoms with E-state index in [1.165, 1.54) is 0 Å². The molecule has 0 radical (unpaired) electrons. The molecule has 0 spiro atoms. The molecule has 1 fully saturated rings. The lowest BCUT2D eigenvalue weighted by Crippen LogP contribution is -2.45. The van der Waals surface area contributed by atoms with Gasteiger partial charge >= 0.3 is 6.03 Å². The third kappa shape index (κ3) is 4.26. The van der Waals surface area contributed by atoms with Crippen LogP contribution >= 0.6 is 12.4 Å². The van der Waals surface area contributed by atoms with Gasteiger partial charge in [-0.2, -0.15) is 0 Å². The summed E-state index contributed by atoms with van der Waals surface area (Å²) in [6, 6.07) is 17.5. The van der Waals surface area contributed by atoms with E-state index in [9.17, 15) is 4.79 Å². The van der Waals surface area contributed by atoms with Crippen LogP contribution in [0.15, 0.2) is 54.6 Å². The highest BCUT2D eigenvalue weighted by Gasteiger charge is 2.28. The highest BCUT2D eigenvalue weighted by Crippen LogP contribution is 2.27. The lowest BCUT2D eigenvalue weighted by Gasteiger charge is -2.19. The maximum Gasteiger partial charge on any atom is 0.319 e. The van der Waals surface area contributed by atoms with E-state index in [0.29, 0.717) is 6.54 Å². The summed E-state index contributed by atoms with van der Waals surface area (Å²) in [7, 11) is 1.66. The predicted octanol–water partition coefficient (Wildman–Crippen LogP) is 2.88. The van der Waals surface area contributed by atoms with Gasteiger partial charge in [0.15, 0.2) is 0 Å². The quantitative estimate of drug-likeness (QED) is 0.797. The first-order valence-corrected chi connectivity index (χ1v) is 7.73. The molecule has 1 heterocycles. The summed E-state index contributed by atoms with van der Waals surface area (Å²) in [6.45, 7) is 1.47. The lowest BCUT2D eigenvalue weighted by molar-refractivity contribution is 0.0991. The van der Waals surface area contributed by atoms with Crippen LogP contribution < -0.4 is 16.0 Å². The maximum absolute atomic E-state index is 12.3. The van der Waals surface area contributed by atoms with E-state index in [4.69, 9.17) is 4.74 Å². The first-order valence-electron chi connectivity index (χ1n) is 7.73. The third-order valence-electron chi connectivity index (χ3n) is 4.04. The van der Waals surface area contributed by atoms with Crippen LogP contribution in [0.2, 0.25) is 0 Å². The molecule has 1 aliphatic heterocycles. The van der Waals surface area contributed by atoms with Gasteiger partial charge in [0.2, 0.25) is 0 Å². The van der Waals surface area contributed by atoms with Crippen molar-refractivity contribution in [3.63, 3.8) is 0 Å². The molecular weight excluding hydrogens is 326 g/mol. The molecule has 2 aromatic carbocycles. The molecular formula is C18H22ClN3O2. The van der Waals surface area contributed by atoms with Crippen LogP contribution in [0.3, 0.4) is 0 Å². The van der Waals surface area contributed by atoms with Gasteiger partial charge < -0.3 is 20.7 Å². The number of methoxy groups -OCH3 is 1. The van der Waals surface area contributed by atoms with Gasteiger partial charge in [0, 0.05) is 25.8 Å². The normalized spacial score (nSPS) is 19.4. The summed E-state index contributed by atoms with van der Waals surface area (Å²) < 4.78 is 5.36. The van der Waals surface area contributed by atoms with E-state index in [1.807, 2.05) is 54.6 Å². The zero-order valence-electron chi connectivity index (χ0n) is 13.5. The first-order chi connectivity index (χ1) is 11.3. The molecule has 0 saturated carbocycles. The minimum absolute atomic E-state index is 0. The fraction of sp³-hybridized carbons (Fsp3) is 0.278. The van der Waals surface area contributed by atoms with Crippen molar-refractivity contribution < 1.29 is 9.53 Å². The molecule has 1 saturated heterocycles. The van der Waals surface area contributed by atoms with Crippen molar-refractivity contribution in [2.75, 3.05) is 25.5 Å². The Balaban J connectivity index is 0.00000208. The van der Waals surface area contributed by atoms with Crippen molar-refractivity contribution in [2.45, 2.75) is 12.1 Å². The van der Waals surface area contributed by atoms with Crippen LogP contribution in [-0.4, -0.2) is 38.4 Å². The molecule has 2 atom stereocenters. The third-order valence-corrected chi connectivity index (χ3v) is 4.04. The fourth-order valence-corrected chi connectivity index (χ4v) is 2.83. The zero-order chi connectivity index (χ0) is 16.1. The molecule has 3 N–H and O–H groups in total. The highest BCUT2D eigenvalue weighted by atomic mass is 35.5. The van der Waals surface area contributed by atoms with Crippen molar-refractivity contribution >= 4 is 24.1 Å². The number of hydrogen-bond donors (Lipinski definition) is 3. The number of nitrogens with one attached hydrogen (secondary N) is 3. The van der Waals surface area contributed by atoms with Gasteiger partial charge in [0.1, 0.15) is 0 Å². The summed E-state index contributed by atoms with van der Waals surface area (Å²) in [5.74, 6) is 0. The van der Waals surface area contributed by atoms with Crippen molar-refractivity contribution in [2.24, 2.45) is 0 Å². The second-order valence-electron chi connectivity index (χ2n) is 5.55. The Morgan fingerprint density at radius 2 is 1.79 bits per heavy atom. The zero-order valence-corrected chi connectivity index (χ0v) is 14.3. The molecule has 2 aromatic rings. The van der Waals surface area contributed by atoms with Crippen LogP contribution in [0.1, 0.15) is 0 Å². The molecule has 0 bridgehead atoms. The molecule has 1 aliphatic rings. The van der Waals surface area contributed by atoms with E-state index in [2.05, 4.69) is 16.0 Å². The number of hydrogen-bond acceptors (Lipinski definition) is 3. The van der Waals surface area contributed by atoms with Gasteiger partial charge in [-0.25, -0.2) is 4.79 Å². The Labute approximate surface area is 148 Å². The molecule has 2 amide bonds. The van der Waals surface area contributed by atoms with Crippen LogP contribution in [0.5, 0.6) is 0 Å². The SMILES string of the molecule is CO[C@H]1CNC[C@@H]1NC(=O)Nc1ccccc1-c1ccccc1.Cl. The Kier molecular flexibility index (Phi) is 6.61. The summed E-state index contributed by atoms with van der Waals surface area (Å²) in [4.78, 5) is 12.3. The first kappa shape index (κ1) is 18.3. The summed E-state index contributed by atoms with van der Waals surface area (Å²) in [5.41, 5.74) is 2.85. The van der Waals surface area contributed by atoms with Gasteiger partial charge in [0.05, 0.1) is 17.8 Å². The Bertz CT molecular complexity index is 666. The van der Waals surface area contributed by atoms with Crippen LogP contribution in [0.25, 0.3) is 11.1 Å². The largest absolute Gasteiger partial charge is 0.378 e. The second kappa shape index (κ2) is 8.68. The lowest BCUT2D eigenvalue weighted by atomic mass is 10.0. The van der Waals surface area contributed by atoms with Crippen molar-refractivity contribution in [1.82, 2.24) is 10.6 Å². The van der Waals surface area contributed by atoms with Gasteiger partial charge in [-0.3, -0.25) is 0 Å². The van der Waals surface area contributed by atoms with Gasteiger partial charge in [0.25, 0.3) is 0 Å². The van der Waals surface area contributed by atoms with Gasteiger partial charge in [-0.15, -0.1) is 12.4 Å². The smallest absolute Gasteiger partial charge is 0.319 e. The number of amides is 2. The number of rotatable bonds is 4. The Morgan fingerprint density at radius 3 is 2.54 bits per heavy atom. The van der Waals surface area contributed by atoms with Crippen molar-refractivity contribution in [1.29, 1.82) is 0 Å². The number of urea groups is 1. The number of para-hydroxylation sites is 1. The number of carbonyl (C=O) groups is 1. The monoisotopic (exact) mass is 347 g/mol. The minimum Gasteiger partial charge on any atom is -0.378 e. The number of halogens is 1. The number of carbonyl (C=O) groups excluding carboxylic acids is 1. The highest BCUT2D eigenvalue weighted by molar-refractivity contribution is 5.94. The van der Waals surface area contributed by atoms with Crippen LogP contribution in [-0.2, 0) is 4.74 Å². The molecule has 24 heavy (non-hydrogen) atoms. The number of benzene rings is 2. The van der Waals surface area contributed by atoms with Crippen LogP contribution in [0.4, 0.5) is 10.5 Å². The van der Waals surface area contributed by atoms with Crippen LogP contribution in [0, 0.1) is 0 Å². The van der Waals surface area contributed by atoms with Crippen molar-refractivity contribution in [3.8, 4) is 11.1 Å². The average Bonchev–Trinajstić information content (AvgIpc) is 3.03. The predicted molar refractivity (Wildman–Crippen MR) is 98.7 cm³/mol. The molecule has 3 rings (SSSR count). The van der Waals surface area contributed by atoms with E-state index in [0.717, 1.165) is 23.4 Å². The minimum atomic E-state index is -0.218. The average molecular weight is 348 g/mol. The van der Waals surface area contributed by atoms with Crippen molar-refractivity contribution in [3.05, 3.63) is 54.6 Å². The Morgan fingerprint density at radius 1 is 1.08 bits per heavy atom. The second-order valence-corrected chi connectivity index (χ2v) is 5.55. The van der Waals surface area contributed by atoms with Gasteiger partial charge in [-0.05, 0) is 11.6 Å². The van der Waals surface area contributed by atoms with Gasteiger partial charge in [-0.1, -0.05) is 48.5 Å². The molecule has 5 nitrogen and oxygen atoms in total. The summed E-state index contributed by atoms with van der Waals surface area (Å²) in [5, 5.41) is 9.13. The molecule has 128 valence electrons. The van der Waals surface area contributed by atoms with E-state index >= 15 is 0 Å². The summed E-state index contributed by atoms with van der Waals surface area (Å²) in [6.07, 6.45) is 0.00474. The maximum atomic E-state index is 12.3.